The number of ether oxygens (including phenoxy) is 4. The third-order valence-corrected chi connectivity index (χ3v) is 11.1. The Balaban J connectivity index is 1.30. The fraction of sp³-hybridized carbons (Fsp3) is 0.806. The van der Waals surface area contributed by atoms with Gasteiger partial charge in [0.2, 0.25) is 0 Å². The van der Waals surface area contributed by atoms with Crippen LogP contribution < -0.4 is 0 Å². The summed E-state index contributed by atoms with van der Waals surface area (Å²) >= 11 is 0. The van der Waals surface area contributed by atoms with E-state index in [9.17, 15) is 19.8 Å². The number of allylic oxidation sites excluding steroid dienone is 4. The molecule has 39 heavy (non-hydrogen) atoms. The zero-order valence-corrected chi connectivity index (χ0v) is 23.5. The molecule has 5 fully saturated rings. The molecule has 0 amide bonds. The summed E-state index contributed by atoms with van der Waals surface area (Å²) in [5, 5.41) is 21.3. The Bertz CT molecular complexity index is 1050. The fourth-order valence-corrected chi connectivity index (χ4v) is 9.40. The van der Waals surface area contributed by atoms with Crippen LogP contribution in [0.15, 0.2) is 23.8 Å². The van der Waals surface area contributed by atoms with E-state index in [1.54, 1.807) is 12.2 Å². The van der Waals surface area contributed by atoms with E-state index in [4.69, 9.17) is 18.9 Å². The average molecular weight is 545 g/mol. The number of carbonyl (C=O) groups excluding carboxylic acids is 2. The molecule has 0 aromatic rings. The molecule has 6 aliphatic rings. The maximum atomic E-state index is 14.3. The highest BCUT2D eigenvalue weighted by molar-refractivity contribution is 6.01. The first-order valence-corrected chi connectivity index (χ1v) is 15.0. The molecular formula is C31H44O8. The van der Waals surface area contributed by atoms with Gasteiger partial charge in [-0.2, -0.15) is 0 Å². The van der Waals surface area contributed by atoms with Crippen LogP contribution >= 0.6 is 0 Å². The number of hydrogen-bond donors (Lipinski definition) is 2. The van der Waals surface area contributed by atoms with E-state index < -0.39 is 35.8 Å². The summed E-state index contributed by atoms with van der Waals surface area (Å²) in [6.45, 7) is 6.15. The van der Waals surface area contributed by atoms with Crippen molar-refractivity contribution in [3.05, 3.63) is 23.8 Å². The van der Waals surface area contributed by atoms with Gasteiger partial charge in [0.05, 0.1) is 24.9 Å². The number of ketones is 2. The van der Waals surface area contributed by atoms with Crippen LogP contribution in [-0.2, 0) is 28.5 Å². The highest BCUT2D eigenvalue weighted by Crippen LogP contribution is 2.69. The predicted octanol–water partition coefficient (Wildman–Crippen LogP) is 3.63. The molecule has 0 aromatic carbocycles. The Morgan fingerprint density at radius 2 is 2.03 bits per heavy atom. The molecule has 2 aliphatic heterocycles. The van der Waals surface area contributed by atoms with Crippen molar-refractivity contribution in [3.8, 4) is 0 Å². The van der Waals surface area contributed by atoms with Gasteiger partial charge in [0, 0.05) is 16.7 Å². The van der Waals surface area contributed by atoms with Gasteiger partial charge >= 0.3 is 0 Å². The van der Waals surface area contributed by atoms with Gasteiger partial charge in [0.25, 0.3) is 0 Å². The molecule has 0 bridgehead atoms. The molecule has 216 valence electrons. The average Bonchev–Trinajstić information content (AvgIpc) is 3.39. The SMILES string of the molecule is CCCC1O[C@H]2C[C@H]3[C@@H]4CCC5=CC(=O)C=C[C@]5(C)[C@H]4[C@@H](O)C[C@]3(C)[C@]2(C(=O)COC2CCCC(CO)O2)O1. The molecule has 3 saturated carbocycles. The second-order valence-electron chi connectivity index (χ2n) is 13.2. The van der Waals surface area contributed by atoms with E-state index in [1.807, 2.05) is 6.08 Å². The van der Waals surface area contributed by atoms with Gasteiger partial charge in [-0.3, -0.25) is 9.59 Å². The molecule has 0 radical (unpaired) electrons. The van der Waals surface area contributed by atoms with Gasteiger partial charge < -0.3 is 29.2 Å². The van der Waals surface area contributed by atoms with Gasteiger partial charge in [0.15, 0.2) is 29.7 Å². The minimum absolute atomic E-state index is 0.0204. The maximum absolute atomic E-state index is 14.3. The lowest BCUT2D eigenvalue weighted by Crippen LogP contribution is -2.63. The Morgan fingerprint density at radius 3 is 2.79 bits per heavy atom. The van der Waals surface area contributed by atoms with Gasteiger partial charge in [-0.25, -0.2) is 0 Å². The number of rotatable bonds is 7. The summed E-state index contributed by atoms with van der Waals surface area (Å²) in [4.78, 5) is 26.4. The van der Waals surface area contributed by atoms with E-state index >= 15 is 0 Å². The third-order valence-electron chi connectivity index (χ3n) is 11.1. The first kappa shape index (κ1) is 27.7. The van der Waals surface area contributed by atoms with Crippen LogP contribution in [0, 0.1) is 28.6 Å². The van der Waals surface area contributed by atoms with Gasteiger partial charge in [0.1, 0.15) is 6.61 Å². The number of fused-ring (bicyclic) bond motifs is 7. The summed E-state index contributed by atoms with van der Waals surface area (Å²) in [6.07, 6.45) is 9.88. The van der Waals surface area contributed by atoms with E-state index in [-0.39, 0.29) is 54.1 Å². The molecule has 8 nitrogen and oxygen atoms in total. The van der Waals surface area contributed by atoms with Crippen molar-refractivity contribution in [1.29, 1.82) is 0 Å². The van der Waals surface area contributed by atoms with Crippen molar-refractivity contribution in [2.24, 2.45) is 28.6 Å². The van der Waals surface area contributed by atoms with Crippen LogP contribution in [0.4, 0.5) is 0 Å². The first-order chi connectivity index (χ1) is 18.7. The lowest BCUT2D eigenvalue weighted by atomic mass is 9.46. The Morgan fingerprint density at radius 1 is 1.21 bits per heavy atom. The summed E-state index contributed by atoms with van der Waals surface area (Å²) in [5.74, 6) is 0.171. The van der Waals surface area contributed by atoms with Crippen LogP contribution in [0.2, 0.25) is 0 Å². The summed E-state index contributed by atoms with van der Waals surface area (Å²) in [6, 6.07) is 0. The second kappa shape index (κ2) is 10.1. The zero-order valence-electron chi connectivity index (χ0n) is 23.5. The topological polar surface area (TPSA) is 112 Å². The van der Waals surface area contributed by atoms with E-state index in [0.717, 1.165) is 37.7 Å². The molecule has 0 aromatic heterocycles. The molecule has 8 heteroatoms. The zero-order chi connectivity index (χ0) is 27.6. The molecule has 2 saturated heterocycles. The molecule has 2 N–H and O–H groups in total. The Labute approximate surface area is 231 Å². The van der Waals surface area contributed by atoms with Gasteiger partial charge in [-0.15, -0.1) is 0 Å². The summed E-state index contributed by atoms with van der Waals surface area (Å²) < 4.78 is 25.0. The number of carbonyl (C=O) groups is 2. The first-order valence-electron chi connectivity index (χ1n) is 15.0. The monoisotopic (exact) mass is 544 g/mol. The van der Waals surface area contributed by atoms with Crippen molar-refractivity contribution < 1.29 is 38.7 Å². The second-order valence-corrected chi connectivity index (χ2v) is 13.2. The highest BCUT2D eigenvalue weighted by atomic mass is 16.7. The van der Waals surface area contributed by atoms with E-state index in [1.165, 1.54) is 0 Å². The van der Waals surface area contributed by atoms with Crippen molar-refractivity contribution in [1.82, 2.24) is 0 Å². The van der Waals surface area contributed by atoms with E-state index in [2.05, 4.69) is 20.8 Å². The molecule has 11 atom stereocenters. The van der Waals surface area contributed by atoms with Crippen molar-refractivity contribution in [3.63, 3.8) is 0 Å². The van der Waals surface area contributed by atoms with Crippen molar-refractivity contribution in [2.45, 2.75) is 115 Å². The summed E-state index contributed by atoms with van der Waals surface area (Å²) in [7, 11) is 0. The molecule has 2 heterocycles. The summed E-state index contributed by atoms with van der Waals surface area (Å²) in [5.41, 5.74) is -1.07. The highest BCUT2D eigenvalue weighted by Gasteiger charge is 2.75. The normalized spacial score (nSPS) is 48.6. The minimum Gasteiger partial charge on any atom is -0.394 e. The lowest BCUT2D eigenvalue weighted by molar-refractivity contribution is -0.218. The quantitative estimate of drug-likeness (QED) is 0.500. The Hall–Kier alpha value is -1.42. The number of aliphatic hydroxyl groups is 2. The number of hydrogen-bond acceptors (Lipinski definition) is 8. The van der Waals surface area contributed by atoms with Crippen molar-refractivity contribution in [2.75, 3.05) is 13.2 Å². The molecule has 4 aliphatic carbocycles. The predicted molar refractivity (Wildman–Crippen MR) is 141 cm³/mol. The van der Waals surface area contributed by atoms with Crippen LogP contribution in [0.3, 0.4) is 0 Å². The largest absolute Gasteiger partial charge is 0.394 e. The van der Waals surface area contributed by atoms with Gasteiger partial charge in [-0.1, -0.05) is 38.8 Å². The van der Waals surface area contributed by atoms with Crippen LogP contribution in [0.1, 0.15) is 78.6 Å². The van der Waals surface area contributed by atoms with Crippen LogP contribution in [0.5, 0.6) is 0 Å². The van der Waals surface area contributed by atoms with E-state index in [0.29, 0.717) is 25.7 Å². The van der Waals surface area contributed by atoms with Crippen LogP contribution in [-0.4, -0.2) is 71.5 Å². The number of aliphatic hydroxyl groups excluding tert-OH is 2. The minimum atomic E-state index is -1.19. The Kier molecular flexibility index (Phi) is 7.21. The standard InChI is InChI=1S/C31H44O8/c1-4-6-27-38-25-14-22-21-10-9-18-13-19(33)11-12-29(18,2)28(21)23(34)15-30(22,3)31(25,39-27)24(35)17-36-26-8-5-7-20(16-32)37-26/h11-13,20-23,25-28,32,34H,4-10,14-17H2,1-3H3/t20?,21-,22-,23-,25-,26?,27?,28+,29-,30-,31+/m0/s1. The van der Waals surface area contributed by atoms with Crippen LogP contribution in [0.25, 0.3) is 0 Å². The number of Topliss-reactive ketones (excluding diaryl/α,β-unsaturated/α-hetero) is 1. The smallest absolute Gasteiger partial charge is 0.193 e. The molecular weight excluding hydrogens is 500 g/mol. The van der Waals surface area contributed by atoms with Gasteiger partial charge in [-0.05, 0) is 75.4 Å². The van der Waals surface area contributed by atoms with Crippen molar-refractivity contribution >= 4 is 11.6 Å². The lowest BCUT2D eigenvalue weighted by Gasteiger charge is -2.59. The fourth-order valence-electron chi connectivity index (χ4n) is 9.40. The maximum Gasteiger partial charge on any atom is 0.193 e. The molecule has 0 spiro atoms. The molecule has 3 unspecified atom stereocenters. The third kappa shape index (κ3) is 4.16. The molecule has 6 rings (SSSR count).